The molecule has 2 amide bonds. The number of rotatable bonds is 11. The first kappa shape index (κ1) is 31.9. The number of aliphatic hydroxyl groups is 1. The molecule has 9 heteroatoms. The van der Waals surface area contributed by atoms with E-state index < -0.39 is 6.10 Å². The van der Waals surface area contributed by atoms with Crippen LogP contribution in [0.2, 0.25) is 0 Å². The molecule has 3 heterocycles. The van der Waals surface area contributed by atoms with Gasteiger partial charge in [-0.05, 0) is 73.1 Å². The maximum absolute atomic E-state index is 13.4. The molecule has 3 aromatic carbocycles. The number of aliphatic hydroxyl groups excluding tert-OH is 1. The van der Waals surface area contributed by atoms with Crippen LogP contribution in [0.25, 0.3) is 22.2 Å². The number of hydrogen-bond donors (Lipinski definition) is 2. The first-order valence-electron chi connectivity index (χ1n) is 16.5. The lowest BCUT2D eigenvalue weighted by Crippen LogP contribution is -2.42. The van der Waals surface area contributed by atoms with Crippen LogP contribution < -0.4 is 5.73 Å². The number of amides is 2. The van der Waals surface area contributed by atoms with E-state index in [1.54, 1.807) is 12.0 Å². The molecular formula is C37H45N5O4. The summed E-state index contributed by atoms with van der Waals surface area (Å²) in [5, 5.41) is 9.75. The van der Waals surface area contributed by atoms with Crippen LogP contribution in [0.4, 0.5) is 0 Å². The Balaban J connectivity index is 1.04. The van der Waals surface area contributed by atoms with E-state index in [-0.39, 0.29) is 23.8 Å². The summed E-state index contributed by atoms with van der Waals surface area (Å²) in [5.41, 5.74) is 12.5. The van der Waals surface area contributed by atoms with Gasteiger partial charge < -0.3 is 29.9 Å². The van der Waals surface area contributed by atoms with Crippen molar-refractivity contribution in [2.45, 2.75) is 63.1 Å². The van der Waals surface area contributed by atoms with Gasteiger partial charge in [-0.2, -0.15) is 0 Å². The van der Waals surface area contributed by atoms with E-state index in [0.29, 0.717) is 51.1 Å². The maximum Gasteiger partial charge on any atom is 0.253 e. The predicted molar refractivity (Wildman–Crippen MR) is 179 cm³/mol. The number of nitrogens with zero attached hydrogens (tertiary/aromatic N) is 4. The van der Waals surface area contributed by atoms with Gasteiger partial charge in [0, 0.05) is 70.4 Å². The fourth-order valence-electron chi connectivity index (χ4n) is 6.90. The Labute approximate surface area is 271 Å². The molecule has 2 saturated heterocycles. The number of para-hydroxylation sites is 2. The van der Waals surface area contributed by atoms with E-state index in [4.69, 9.17) is 15.5 Å². The highest BCUT2D eigenvalue weighted by molar-refractivity contribution is 5.95. The lowest BCUT2D eigenvalue weighted by molar-refractivity contribution is -0.132. The van der Waals surface area contributed by atoms with Crippen LogP contribution in [-0.2, 0) is 22.5 Å². The highest BCUT2D eigenvalue weighted by Gasteiger charge is 2.29. The molecule has 1 aromatic heterocycles. The quantitative estimate of drug-likeness (QED) is 0.236. The van der Waals surface area contributed by atoms with Crippen LogP contribution in [0.15, 0.2) is 72.8 Å². The van der Waals surface area contributed by atoms with Gasteiger partial charge in [0.15, 0.2) is 0 Å². The van der Waals surface area contributed by atoms with E-state index in [0.717, 1.165) is 65.9 Å². The zero-order chi connectivity index (χ0) is 32.0. The van der Waals surface area contributed by atoms with E-state index >= 15 is 0 Å². The van der Waals surface area contributed by atoms with Crippen LogP contribution in [0.1, 0.15) is 59.8 Å². The molecule has 46 heavy (non-hydrogen) atoms. The predicted octanol–water partition coefficient (Wildman–Crippen LogP) is 4.61. The molecule has 2 aliphatic rings. The molecule has 2 aliphatic heterocycles. The van der Waals surface area contributed by atoms with Crippen molar-refractivity contribution in [2.75, 3.05) is 39.9 Å². The fourth-order valence-corrected chi connectivity index (χ4v) is 6.90. The van der Waals surface area contributed by atoms with Crippen LogP contribution >= 0.6 is 0 Å². The number of methoxy groups -OCH3 is 1. The second-order valence-corrected chi connectivity index (χ2v) is 12.8. The third-order valence-corrected chi connectivity index (χ3v) is 9.36. The first-order valence-corrected chi connectivity index (χ1v) is 16.5. The van der Waals surface area contributed by atoms with Gasteiger partial charge in [0.25, 0.3) is 5.91 Å². The molecule has 0 aliphatic carbocycles. The molecule has 0 unspecified atom stereocenters. The zero-order valence-corrected chi connectivity index (χ0v) is 26.7. The minimum atomic E-state index is -0.427. The molecule has 0 saturated carbocycles. The molecule has 4 aromatic rings. The van der Waals surface area contributed by atoms with Gasteiger partial charge in [0.2, 0.25) is 5.91 Å². The van der Waals surface area contributed by atoms with Gasteiger partial charge >= 0.3 is 0 Å². The minimum Gasteiger partial charge on any atom is -0.391 e. The standard InChI is InChI=1S/C37H45N5O4/c1-46-21-5-19-42-34-8-3-2-7-33(34)39-36(42)30-6-4-18-40(24-30)35(44)23-31(38)22-26-9-11-27(12-10-26)28-13-15-29(16-14-28)37(45)41-20-17-32(43)25-41/h2-3,7-16,30-32,43H,4-6,17-25,38H2,1H3/t30-,31-,32-/m1/s1. The van der Waals surface area contributed by atoms with Gasteiger partial charge in [0.05, 0.1) is 17.1 Å². The summed E-state index contributed by atoms with van der Waals surface area (Å²) in [4.78, 5) is 34.8. The van der Waals surface area contributed by atoms with Crippen molar-refractivity contribution in [2.24, 2.45) is 5.73 Å². The molecule has 2 fully saturated rings. The molecule has 0 bridgehead atoms. The van der Waals surface area contributed by atoms with Crippen LogP contribution in [-0.4, -0.2) is 88.3 Å². The van der Waals surface area contributed by atoms with Crippen molar-refractivity contribution in [1.29, 1.82) is 0 Å². The number of likely N-dealkylation sites (tertiary alicyclic amines) is 2. The number of β-amino-alcohol motifs (C(OH)–C–C–N with tert-alkyl or cyclic N) is 1. The maximum atomic E-state index is 13.4. The number of ether oxygens (including phenoxy) is 1. The third-order valence-electron chi connectivity index (χ3n) is 9.36. The van der Waals surface area contributed by atoms with Gasteiger partial charge in [-0.1, -0.05) is 48.5 Å². The zero-order valence-electron chi connectivity index (χ0n) is 26.7. The average Bonchev–Trinajstić information content (AvgIpc) is 3.68. The first-order chi connectivity index (χ1) is 22.4. The minimum absolute atomic E-state index is 0.0418. The lowest BCUT2D eigenvalue weighted by Gasteiger charge is -2.33. The Kier molecular flexibility index (Phi) is 10.1. The van der Waals surface area contributed by atoms with E-state index in [2.05, 4.69) is 47.0 Å². The SMILES string of the molecule is COCCCn1c([C@@H]2CCCN(C(=O)C[C@H](N)Cc3ccc(-c4ccc(C(=O)N5CC[C@@H](O)C5)cc4)cc3)C2)nc2ccccc21. The number of carbonyl (C=O) groups excluding carboxylic acids is 2. The van der Waals surface area contributed by atoms with E-state index in [9.17, 15) is 14.7 Å². The molecule has 0 radical (unpaired) electrons. The third kappa shape index (κ3) is 7.33. The highest BCUT2D eigenvalue weighted by atomic mass is 16.5. The number of benzene rings is 3. The molecule has 6 rings (SSSR count). The smallest absolute Gasteiger partial charge is 0.253 e. The Hall–Kier alpha value is -4.05. The molecule has 3 atom stereocenters. The fraction of sp³-hybridized carbons (Fsp3) is 0.432. The van der Waals surface area contributed by atoms with Crippen molar-refractivity contribution in [1.82, 2.24) is 19.4 Å². The monoisotopic (exact) mass is 623 g/mol. The number of carbonyl (C=O) groups is 2. The van der Waals surface area contributed by atoms with Crippen molar-refractivity contribution < 1.29 is 19.4 Å². The van der Waals surface area contributed by atoms with Crippen molar-refractivity contribution in [3.8, 4) is 11.1 Å². The summed E-state index contributed by atoms with van der Waals surface area (Å²) >= 11 is 0. The number of aryl methyl sites for hydroxylation is 1. The van der Waals surface area contributed by atoms with E-state index in [1.165, 1.54) is 0 Å². The summed E-state index contributed by atoms with van der Waals surface area (Å²) in [5.74, 6) is 1.32. The van der Waals surface area contributed by atoms with Crippen LogP contribution in [0.5, 0.6) is 0 Å². The Morgan fingerprint density at radius 2 is 1.70 bits per heavy atom. The summed E-state index contributed by atoms with van der Waals surface area (Å²) in [6.07, 6.45) is 4.00. The van der Waals surface area contributed by atoms with Gasteiger partial charge in [-0.15, -0.1) is 0 Å². The number of hydrogen-bond acceptors (Lipinski definition) is 6. The molecule has 3 N–H and O–H groups in total. The van der Waals surface area contributed by atoms with Gasteiger partial charge in [-0.25, -0.2) is 4.98 Å². The van der Waals surface area contributed by atoms with E-state index in [1.807, 2.05) is 35.2 Å². The number of fused-ring (bicyclic) bond motifs is 1. The second kappa shape index (κ2) is 14.6. The molecular weight excluding hydrogens is 578 g/mol. The number of imidazole rings is 1. The van der Waals surface area contributed by atoms with Crippen LogP contribution in [0, 0.1) is 0 Å². The average molecular weight is 624 g/mol. The normalized spacial score (nSPS) is 19.1. The van der Waals surface area contributed by atoms with Crippen molar-refractivity contribution >= 4 is 22.8 Å². The Morgan fingerprint density at radius 1 is 0.957 bits per heavy atom. The molecule has 242 valence electrons. The topological polar surface area (TPSA) is 114 Å². The summed E-state index contributed by atoms with van der Waals surface area (Å²) < 4.78 is 7.62. The Morgan fingerprint density at radius 3 is 2.41 bits per heavy atom. The summed E-state index contributed by atoms with van der Waals surface area (Å²) in [7, 11) is 1.73. The van der Waals surface area contributed by atoms with Crippen molar-refractivity contribution in [3.05, 3.63) is 89.7 Å². The second-order valence-electron chi connectivity index (χ2n) is 12.8. The summed E-state index contributed by atoms with van der Waals surface area (Å²) in [6.45, 7) is 3.95. The molecule has 0 spiro atoms. The Bertz CT molecular complexity index is 1630. The molecule has 9 nitrogen and oxygen atoms in total. The highest BCUT2D eigenvalue weighted by Crippen LogP contribution is 2.30. The largest absolute Gasteiger partial charge is 0.391 e. The van der Waals surface area contributed by atoms with Crippen LogP contribution in [0.3, 0.4) is 0 Å². The number of aromatic nitrogens is 2. The summed E-state index contributed by atoms with van der Waals surface area (Å²) in [6, 6.07) is 23.8. The van der Waals surface area contributed by atoms with Gasteiger partial charge in [-0.3, -0.25) is 9.59 Å². The van der Waals surface area contributed by atoms with Gasteiger partial charge in [0.1, 0.15) is 5.82 Å². The van der Waals surface area contributed by atoms with Crippen molar-refractivity contribution in [3.63, 3.8) is 0 Å². The number of nitrogens with two attached hydrogens (primary N) is 1. The lowest BCUT2D eigenvalue weighted by atomic mass is 9.95. The number of piperidine rings is 1.